The lowest BCUT2D eigenvalue weighted by Gasteiger charge is -2.03. The third-order valence-electron chi connectivity index (χ3n) is 2.98. The highest BCUT2D eigenvalue weighted by Crippen LogP contribution is 2.25. The lowest BCUT2D eigenvalue weighted by Crippen LogP contribution is -1.87. The Labute approximate surface area is 104 Å². The van der Waals surface area contributed by atoms with Crippen LogP contribution in [0.15, 0.2) is 43.0 Å². The Morgan fingerprint density at radius 2 is 2.17 bits per heavy atom. The van der Waals surface area contributed by atoms with Gasteiger partial charge in [-0.3, -0.25) is 4.98 Å². The second kappa shape index (κ2) is 3.97. The summed E-state index contributed by atoms with van der Waals surface area (Å²) in [5, 5.41) is 9.09. The predicted molar refractivity (Wildman–Crippen MR) is 68.7 cm³/mol. The highest BCUT2D eigenvalue weighted by molar-refractivity contribution is 5.83. The fourth-order valence-electron chi connectivity index (χ4n) is 2.04. The van der Waals surface area contributed by atoms with Gasteiger partial charge in [0.25, 0.3) is 0 Å². The third-order valence-corrected chi connectivity index (χ3v) is 2.98. The van der Waals surface area contributed by atoms with Crippen LogP contribution in [0.4, 0.5) is 0 Å². The zero-order valence-corrected chi connectivity index (χ0v) is 9.83. The summed E-state index contributed by atoms with van der Waals surface area (Å²) in [4.78, 5) is 8.29. The number of nitriles is 1. The zero-order valence-electron chi connectivity index (χ0n) is 9.83. The Bertz CT molecular complexity index is 765. The summed E-state index contributed by atoms with van der Waals surface area (Å²) in [5.74, 6) is 0. The summed E-state index contributed by atoms with van der Waals surface area (Å²) in [5.41, 5.74) is 4.45. The van der Waals surface area contributed by atoms with E-state index in [1.54, 1.807) is 18.7 Å². The van der Waals surface area contributed by atoms with E-state index in [1.165, 1.54) is 0 Å². The number of imidazole rings is 1. The number of benzene rings is 1. The van der Waals surface area contributed by atoms with E-state index in [9.17, 15) is 0 Å². The maximum atomic E-state index is 9.09. The Hall–Kier alpha value is -2.67. The lowest BCUT2D eigenvalue weighted by atomic mass is 10.0. The Morgan fingerprint density at radius 3 is 3.00 bits per heavy atom. The van der Waals surface area contributed by atoms with Gasteiger partial charge in [-0.05, 0) is 23.8 Å². The molecule has 0 aliphatic carbocycles. The van der Waals surface area contributed by atoms with Crippen molar-refractivity contribution in [2.24, 2.45) is 7.05 Å². The number of nitrogens with zero attached hydrogens (tertiary/aromatic N) is 4. The normalized spacial score (nSPS) is 10.4. The molecule has 0 saturated heterocycles. The first-order valence-corrected chi connectivity index (χ1v) is 5.55. The van der Waals surface area contributed by atoms with Crippen LogP contribution in [-0.4, -0.2) is 14.5 Å². The van der Waals surface area contributed by atoms with E-state index >= 15 is 0 Å². The Morgan fingerprint density at radius 1 is 1.28 bits per heavy atom. The van der Waals surface area contributed by atoms with Gasteiger partial charge in [0.1, 0.15) is 6.07 Å². The van der Waals surface area contributed by atoms with Crippen LogP contribution in [0.5, 0.6) is 0 Å². The minimum atomic E-state index is 0.577. The van der Waals surface area contributed by atoms with Crippen LogP contribution < -0.4 is 0 Å². The first-order chi connectivity index (χ1) is 8.79. The molecule has 0 saturated carbocycles. The van der Waals surface area contributed by atoms with E-state index in [1.807, 2.05) is 35.9 Å². The average Bonchev–Trinajstić information content (AvgIpc) is 2.80. The number of fused-ring (bicyclic) bond motifs is 1. The van der Waals surface area contributed by atoms with Gasteiger partial charge in [0.15, 0.2) is 0 Å². The van der Waals surface area contributed by atoms with Crippen LogP contribution >= 0.6 is 0 Å². The summed E-state index contributed by atoms with van der Waals surface area (Å²) in [6, 6.07) is 10.0. The molecule has 2 heterocycles. The van der Waals surface area contributed by atoms with E-state index in [0.29, 0.717) is 5.56 Å². The molecule has 0 atom stereocenters. The van der Waals surface area contributed by atoms with Gasteiger partial charge in [0.2, 0.25) is 0 Å². The number of rotatable bonds is 1. The highest BCUT2D eigenvalue weighted by atomic mass is 15.0. The molecular weight excluding hydrogens is 224 g/mol. The van der Waals surface area contributed by atoms with E-state index in [0.717, 1.165) is 22.2 Å². The highest BCUT2D eigenvalue weighted by Gasteiger charge is 2.07. The minimum Gasteiger partial charge on any atom is -0.334 e. The molecule has 0 amide bonds. The molecule has 2 aromatic heterocycles. The number of aryl methyl sites for hydroxylation is 1. The van der Waals surface area contributed by atoms with Gasteiger partial charge in [-0.25, -0.2) is 4.98 Å². The van der Waals surface area contributed by atoms with Crippen molar-refractivity contribution in [2.45, 2.75) is 0 Å². The molecule has 1 aromatic carbocycles. The second-order valence-electron chi connectivity index (χ2n) is 4.09. The van der Waals surface area contributed by atoms with Crippen LogP contribution in [0.1, 0.15) is 5.56 Å². The van der Waals surface area contributed by atoms with Crippen molar-refractivity contribution < 1.29 is 0 Å². The van der Waals surface area contributed by atoms with Crippen LogP contribution in [-0.2, 0) is 7.05 Å². The van der Waals surface area contributed by atoms with Gasteiger partial charge >= 0.3 is 0 Å². The molecule has 0 bridgehead atoms. The van der Waals surface area contributed by atoms with Gasteiger partial charge < -0.3 is 4.57 Å². The van der Waals surface area contributed by atoms with Crippen molar-refractivity contribution in [3.05, 3.63) is 48.5 Å². The average molecular weight is 234 g/mol. The molecule has 3 aromatic rings. The minimum absolute atomic E-state index is 0.577. The molecule has 4 heteroatoms. The first kappa shape index (κ1) is 10.5. The van der Waals surface area contributed by atoms with Gasteiger partial charge in [-0.2, -0.15) is 5.26 Å². The molecule has 0 unspecified atom stereocenters. The van der Waals surface area contributed by atoms with Crippen LogP contribution in [0.3, 0.4) is 0 Å². The monoisotopic (exact) mass is 234 g/mol. The maximum Gasteiger partial charge on any atom is 0.101 e. The largest absolute Gasteiger partial charge is 0.334 e. The fourth-order valence-corrected chi connectivity index (χ4v) is 2.04. The molecule has 18 heavy (non-hydrogen) atoms. The van der Waals surface area contributed by atoms with E-state index in [-0.39, 0.29) is 0 Å². The van der Waals surface area contributed by atoms with Crippen molar-refractivity contribution in [1.29, 1.82) is 5.26 Å². The Kier molecular flexibility index (Phi) is 2.31. The van der Waals surface area contributed by atoms with Crippen LogP contribution in [0.2, 0.25) is 0 Å². The standard InChI is InChI=1S/C14H10N4/c1-18-9-17-13-6-10(2-3-14(13)18)12-4-5-16-8-11(12)7-15/h2-6,8-9H,1H3. The van der Waals surface area contributed by atoms with Gasteiger partial charge in [-0.1, -0.05) is 6.07 Å². The number of hydrogen-bond donors (Lipinski definition) is 0. The SMILES string of the molecule is Cn1cnc2cc(-c3ccncc3C#N)ccc21. The molecule has 4 nitrogen and oxygen atoms in total. The number of aromatic nitrogens is 3. The van der Waals surface area contributed by atoms with Crippen molar-refractivity contribution >= 4 is 11.0 Å². The van der Waals surface area contributed by atoms with Gasteiger partial charge in [-0.15, -0.1) is 0 Å². The molecule has 0 spiro atoms. The summed E-state index contributed by atoms with van der Waals surface area (Å²) in [7, 11) is 1.96. The van der Waals surface area contributed by atoms with E-state index in [2.05, 4.69) is 16.0 Å². The van der Waals surface area contributed by atoms with E-state index in [4.69, 9.17) is 5.26 Å². The van der Waals surface area contributed by atoms with Crippen molar-refractivity contribution in [3.8, 4) is 17.2 Å². The molecule has 0 fully saturated rings. The molecule has 0 N–H and O–H groups in total. The summed E-state index contributed by atoms with van der Waals surface area (Å²) >= 11 is 0. The predicted octanol–water partition coefficient (Wildman–Crippen LogP) is 2.51. The molecular formula is C14H10N4. The summed E-state index contributed by atoms with van der Waals surface area (Å²) < 4.78 is 1.97. The quantitative estimate of drug-likeness (QED) is 0.650. The van der Waals surface area contributed by atoms with E-state index < -0.39 is 0 Å². The fraction of sp³-hybridized carbons (Fsp3) is 0.0714. The topological polar surface area (TPSA) is 54.5 Å². The molecule has 86 valence electrons. The lowest BCUT2D eigenvalue weighted by molar-refractivity contribution is 0.948. The van der Waals surface area contributed by atoms with Crippen molar-refractivity contribution in [3.63, 3.8) is 0 Å². The second-order valence-corrected chi connectivity index (χ2v) is 4.09. The Balaban J connectivity index is 2.23. The van der Waals surface area contributed by atoms with Crippen molar-refractivity contribution in [1.82, 2.24) is 14.5 Å². The first-order valence-electron chi connectivity index (χ1n) is 5.55. The molecule has 0 radical (unpaired) electrons. The number of pyridine rings is 1. The van der Waals surface area contributed by atoms with Crippen LogP contribution in [0, 0.1) is 11.3 Å². The smallest absolute Gasteiger partial charge is 0.101 e. The van der Waals surface area contributed by atoms with Gasteiger partial charge in [0.05, 0.1) is 22.9 Å². The molecule has 0 aliphatic rings. The van der Waals surface area contributed by atoms with Crippen molar-refractivity contribution in [2.75, 3.05) is 0 Å². The number of hydrogen-bond acceptors (Lipinski definition) is 3. The molecule has 3 rings (SSSR count). The summed E-state index contributed by atoms with van der Waals surface area (Å²) in [6.45, 7) is 0. The third kappa shape index (κ3) is 1.54. The maximum absolute atomic E-state index is 9.09. The molecule has 0 aliphatic heterocycles. The zero-order chi connectivity index (χ0) is 12.5. The van der Waals surface area contributed by atoms with Crippen LogP contribution in [0.25, 0.3) is 22.2 Å². The van der Waals surface area contributed by atoms with Gasteiger partial charge in [0, 0.05) is 25.0 Å². The summed E-state index contributed by atoms with van der Waals surface area (Å²) in [6.07, 6.45) is 5.06.